The van der Waals surface area contributed by atoms with Crippen molar-refractivity contribution in [3.05, 3.63) is 71.8 Å². The number of rotatable bonds is 0. The molecule has 4 aromatic carbocycles. The van der Waals surface area contributed by atoms with Gasteiger partial charge in [-0.1, -0.05) is 24.3 Å². The summed E-state index contributed by atoms with van der Waals surface area (Å²) < 4.78 is 12.2. The summed E-state index contributed by atoms with van der Waals surface area (Å²) in [6.07, 6.45) is 0.364. The van der Waals surface area contributed by atoms with Gasteiger partial charge in [0.05, 0.1) is 0 Å². The third-order valence-corrected chi connectivity index (χ3v) is 5.66. The van der Waals surface area contributed by atoms with Crippen molar-refractivity contribution in [3.8, 4) is 23.0 Å². The number of ether oxygens (including phenoxy) is 2. The Balaban J connectivity index is 1.71. The van der Waals surface area contributed by atoms with Gasteiger partial charge in [-0.2, -0.15) is 0 Å². The van der Waals surface area contributed by atoms with Crippen LogP contribution in [0.5, 0.6) is 23.0 Å². The van der Waals surface area contributed by atoms with E-state index in [1.807, 2.05) is 36.4 Å². The molecule has 4 heteroatoms. The molecule has 2 aliphatic rings. The molecule has 27 heavy (non-hydrogen) atoms. The monoisotopic (exact) mass is 356 g/mol. The molecule has 2 N–H and O–H groups in total. The fourth-order valence-corrected chi connectivity index (χ4v) is 4.52. The largest absolute Gasteiger partial charge is 0.508 e. The molecule has 4 nitrogen and oxygen atoms in total. The first kappa shape index (κ1) is 14.7. The summed E-state index contributed by atoms with van der Waals surface area (Å²) in [5.41, 5.74) is 2.14. The van der Waals surface area contributed by atoms with Crippen molar-refractivity contribution in [3.63, 3.8) is 0 Å². The first-order chi connectivity index (χ1) is 13.2. The summed E-state index contributed by atoms with van der Waals surface area (Å²) in [6.45, 7) is 0. The maximum absolute atomic E-state index is 10.1. The van der Waals surface area contributed by atoms with E-state index in [0.717, 1.165) is 44.2 Å². The molecule has 0 atom stereocenters. The molecular formula is C23H16O4. The van der Waals surface area contributed by atoms with E-state index >= 15 is 0 Å². The molecule has 6 rings (SSSR count). The topological polar surface area (TPSA) is 58.9 Å². The summed E-state index contributed by atoms with van der Waals surface area (Å²) in [5, 5.41) is 24.2. The van der Waals surface area contributed by atoms with Gasteiger partial charge in [-0.15, -0.1) is 0 Å². The van der Waals surface area contributed by atoms with Crippen LogP contribution < -0.4 is 9.47 Å². The average Bonchev–Trinajstić information content (AvgIpc) is 2.66. The van der Waals surface area contributed by atoms with E-state index in [2.05, 4.69) is 0 Å². The van der Waals surface area contributed by atoms with Gasteiger partial charge in [0.1, 0.15) is 23.0 Å². The number of aromatic hydroxyl groups is 2. The Morgan fingerprint density at radius 1 is 0.667 bits per heavy atom. The molecule has 0 spiro atoms. The van der Waals surface area contributed by atoms with E-state index in [4.69, 9.17) is 9.47 Å². The van der Waals surface area contributed by atoms with Crippen LogP contribution in [0.4, 0.5) is 0 Å². The summed E-state index contributed by atoms with van der Waals surface area (Å²) in [6, 6.07) is 18.8. The highest BCUT2D eigenvalue weighted by Crippen LogP contribution is 2.52. The minimum absolute atomic E-state index is 0.0681. The van der Waals surface area contributed by atoms with Crippen LogP contribution in [-0.4, -0.2) is 16.5 Å². The summed E-state index contributed by atoms with van der Waals surface area (Å²) in [5.74, 6) is 2.12. The molecule has 0 aliphatic carbocycles. The summed E-state index contributed by atoms with van der Waals surface area (Å²) >= 11 is 0. The Hall–Kier alpha value is -3.40. The van der Waals surface area contributed by atoms with E-state index in [1.54, 1.807) is 24.3 Å². The number of fused-ring (bicyclic) bond motifs is 10. The zero-order valence-corrected chi connectivity index (χ0v) is 14.3. The van der Waals surface area contributed by atoms with Gasteiger partial charge in [0, 0.05) is 23.5 Å². The third-order valence-electron chi connectivity index (χ3n) is 5.66. The molecule has 0 unspecified atom stereocenters. The van der Waals surface area contributed by atoms with Gasteiger partial charge in [-0.3, -0.25) is 0 Å². The molecule has 2 bridgehead atoms. The number of benzene rings is 4. The van der Waals surface area contributed by atoms with Crippen molar-refractivity contribution >= 4 is 21.5 Å². The van der Waals surface area contributed by atoms with Gasteiger partial charge in [0.15, 0.2) is 0 Å². The minimum Gasteiger partial charge on any atom is -0.508 e. The molecule has 0 saturated carbocycles. The van der Waals surface area contributed by atoms with Crippen LogP contribution in [0, 0.1) is 0 Å². The number of hydrogen-bond donors (Lipinski definition) is 2. The Bertz CT molecular complexity index is 1150. The predicted octanol–water partition coefficient (Wildman–Crippen LogP) is 5.04. The molecule has 0 fully saturated rings. The maximum atomic E-state index is 10.1. The lowest BCUT2D eigenvalue weighted by Crippen LogP contribution is -2.35. The minimum atomic E-state index is -0.334. The van der Waals surface area contributed by atoms with Crippen LogP contribution in [-0.2, 0) is 0 Å². The standard InChI is InChI=1S/C23H16O4/c24-14-5-1-12-3-7-19-22(16(12)9-14)18-11-21(26-19)27-20-8-4-13-2-6-15(25)10-17(13)23(18)20/h1-10,18,21,24-25H,11H2. The molecule has 0 aromatic heterocycles. The van der Waals surface area contributed by atoms with Gasteiger partial charge < -0.3 is 19.7 Å². The van der Waals surface area contributed by atoms with E-state index in [0.29, 0.717) is 6.42 Å². The zero-order valence-electron chi connectivity index (χ0n) is 14.3. The second-order valence-corrected chi connectivity index (χ2v) is 7.22. The van der Waals surface area contributed by atoms with Gasteiger partial charge in [-0.05, 0) is 57.9 Å². The normalized spacial score (nSPS) is 19.9. The summed E-state index contributed by atoms with van der Waals surface area (Å²) in [7, 11) is 0. The van der Waals surface area contributed by atoms with Crippen LogP contribution in [0.25, 0.3) is 21.5 Å². The van der Waals surface area contributed by atoms with Crippen molar-refractivity contribution in [2.75, 3.05) is 0 Å². The van der Waals surface area contributed by atoms with Crippen molar-refractivity contribution in [1.29, 1.82) is 0 Å². The van der Waals surface area contributed by atoms with E-state index in [9.17, 15) is 10.2 Å². The van der Waals surface area contributed by atoms with Crippen LogP contribution in [0.15, 0.2) is 60.7 Å². The van der Waals surface area contributed by atoms with E-state index < -0.39 is 0 Å². The smallest absolute Gasteiger partial charge is 0.242 e. The molecule has 0 saturated heterocycles. The lowest BCUT2D eigenvalue weighted by molar-refractivity contribution is -0.0256. The SMILES string of the molecule is Oc1ccc2ccc3c(c2c1)C1CC(O3)Oc2ccc3ccc(O)cc3c21. The Labute approximate surface area is 155 Å². The summed E-state index contributed by atoms with van der Waals surface area (Å²) in [4.78, 5) is 0. The third kappa shape index (κ3) is 2.04. The second kappa shape index (κ2) is 5.07. The zero-order chi connectivity index (χ0) is 18.1. The molecular weight excluding hydrogens is 340 g/mol. The van der Waals surface area contributed by atoms with Crippen molar-refractivity contribution in [2.45, 2.75) is 18.6 Å². The van der Waals surface area contributed by atoms with Crippen molar-refractivity contribution in [2.24, 2.45) is 0 Å². The highest BCUT2D eigenvalue weighted by molar-refractivity contribution is 5.94. The Morgan fingerprint density at radius 3 is 1.67 bits per heavy atom. The van der Waals surface area contributed by atoms with Crippen LogP contribution in [0.3, 0.4) is 0 Å². The maximum Gasteiger partial charge on any atom is 0.242 e. The van der Waals surface area contributed by atoms with Crippen LogP contribution in [0.2, 0.25) is 0 Å². The fraction of sp³-hybridized carbons (Fsp3) is 0.130. The van der Waals surface area contributed by atoms with Gasteiger partial charge in [-0.25, -0.2) is 0 Å². The number of phenols is 2. The predicted molar refractivity (Wildman–Crippen MR) is 103 cm³/mol. The number of hydrogen-bond acceptors (Lipinski definition) is 4. The highest BCUT2D eigenvalue weighted by atomic mass is 16.7. The number of phenolic OH excluding ortho intramolecular Hbond substituents is 2. The molecule has 0 radical (unpaired) electrons. The first-order valence-corrected chi connectivity index (χ1v) is 9.02. The lowest BCUT2D eigenvalue weighted by atomic mass is 9.79. The quantitative estimate of drug-likeness (QED) is 0.464. The van der Waals surface area contributed by atoms with Crippen molar-refractivity contribution in [1.82, 2.24) is 0 Å². The van der Waals surface area contributed by atoms with Gasteiger partial charge in [0.25, 0.3) is 0 Å². The molecule has 0 amide bonds. The molecule has 4 aromatic rings. The van der Waals surface area contributed by atoms with Crippen LogP contribution >= 0.6 is 0 Å². The molecule has 2 heterocycles. The van der Waals surface area contributed by atoms with Gasteiger partial charge in [0.2, 0.25) is 6.29 Å². The van der Waals surface area contributed by atoms with E-state index in [-0.39, 0.29) is 23.7 Å². The fourth-order valence-electron chi connectivity index (χ4n) is 4.52. The Kier molecular flexibility index (Phi) is 2.77. The molecule has 132 valence electrons. The van der Waals surface area contributed by atoms with Gasteiger partial charge >= 0.3 is 0 Å². The first-order valence-electron chi connectivity index (χ1n) is 9.02. The lowest BCUT2D eigenvalue weighted by Gasteiger charge is -2.39. The van der Waals surface area contributed by atoms with Crippen LogP contribution in [0.1, 0.15) is 23.5 Å². The van der Waals surface area contributed by atoms with Crippen molar-refractivity contribution < 1.29 is 19.7 Å². The average molecular weight is 356 g/mol. The Morgan fingerprint density at radius 2 is 1.15 bits per heavy atom. The molecule has 2 aliphatic heterocycles. The second-order valence-electron chi connectivity index (χ2n) is 7.22. The van der Waals surface area contributed by atoms with E-state index in [1.165, 1.54) is 0 Å². The highest BCUT2D eigenvalue weighted by Gasteiger charge is 2.38.